The van der Waals surface area contributed by atoms with Gasteiger partial charge < -0.3 is 19.8 Å². The van der Waals surface area contributed by atoms with Crippen molar-refractivity contribution in [2.24, 2.45) is 11.8 Å². The van der Waals surface area contributed by atoms with Gasteiger partial charge in [-0.15, -0.1) is 24.9 Å². The summed E-state index contributed by atoms with van der Waals surface area (Å²) in [7, 11) is 1.74. The van der Waals surface area contributed by atoms with Crippen molar-refractivity contribution in [3.63, 3.8) is 0 Å². The minimum Gasteiger partial charge on any atom is -0.394 e. The molecule has 8 heteroatoms. The number of anilines is 1. The number of likely N-dealkylation sites (tertiary alicyclic amines) is 1. The lowest BCUT2D eigenvalue weighted by Gasteiger charge is -2.40. The molecule has 0 aromatic heterocycles. The third-order valence-electron chi connectivity index (χ3n) is 8.40. The second-order valence-electron chi connectivity index (χ2n) is 10.5. The number of benzene rings is 1. The van der Waals surface area contributed by atoms with Gasteiger partial charge in [-0.05, 0) is 44.2 Å². The molecule has 1 aromatic rings. The van der Waals surface area contributed by atoms with E-state index in [-0.39, 0.29) is 29.6 Å². The van der Waals surface area contributed by atoms with Crippen molar-refractivity contribution >= 4 is 35.2 Å². The number of rotatable bonds is 10. The highest BCUT2D eigenvalue weighted by atomic mass is 32.2. The number of carbonyl (C=O) groups excluding carboxylic acids is 3. The van der Waals surface area contributed by atoms with Crippen LogP contribution in [0.1, 0.15) is 37.3 Å². The Bertz CT molecular complexity index is 1080. The molecule has 3 saturated heterocycles. The molecule has 4 rings (SSSR count). The van der Waals surface area contributed by atoms with E-state index in [9.17, 15) is 19.5 Å². The number of amides is 3. The van der Waals surface area contributed by atoms with Crippen LogP contribution >= 0.6 is 11.8 Å². The SMILES string of the molecule is C=CCN(C)C(=O)[C@@H]1[C@@H]2CCC3(S2)C(C(=O)N(CC=C)c2c(C)cccc2C)N([C@@H](CC)CO)C(=O)[C@H]13. The Balaban J connectivity index is 1.84. The number of hydrogen-bond acceptors (Lipinski definition) is 5. The van der Waals surface area contributed by atoms with Crippen LogP contribution in [-0.4, -0.2) is 81.5 Å². The summed E-state index contributed by atoms with van der Waals surface area (Å²) in [6.45, 7) is 14.0. The lowest BCUT2D eigenvalue weighted by molar-refractivity contribution is -0.144. The standard InChI is InChI=1S/C29H39N3O4S/c1-7-15-30(6)26(34)22-21-13-14-29(37-21)23(22)27(35)32(20(9-3)17-33)25(29)28(36)31(16-8-2)24-18(4)11-10-12-19(24)5/h7-8,10-12,20-23,25,33H,1-2,9,13-17H2,3-6H3/t20-,21-,22+,23-,25?,29?/m0/s1. The van der Waals surface area contributed by atoms with Crippen LogP contribution in [0.3, 0.4) is 0 Å². The summed E-state index contributed by atoms with van der Waals surface area (Å²) in [5.41, 5.74) is 2.76. The summed E-state index contributed by atoms with van der Waals surface area (Å²) in [5.74, 6) is -1.49. The minimum atomic E-state index is -0.765. The molecule has 7 nitrogen and oxygen atoms in total. The Hall–Kier alpha value is -2.58. The van der Waals surface area contributed by atoms with Crippen molar-refractivity contribution in [1.29, 1.82) is 0 Å². The monoisotopic (exact) mass is 525 g/mol. The molecule has 0 saturated carbocycles. The normalized spacial score (nSPS) is 28.7. The molecule has 1 aromatic carbocycles. The van der Waals surface area contributed by atoms with Crippen LogP contribution < -0.4 is 4.90 Å². The highest BCUT2D eigenvalue weighted by Gasteiger charge is 2.74. The molecule has 6 atom stereocenters. The molecule has 1 spiro atoms. The maximum Gasteiger partial charge on any atom is 0.251 e. The molecular formula is C29H39N3O4S. The van der Waals surface area contributed by atoms with E-state index >= 15 is 0 Å². The lowest BCUT2D eigenvalue weighted by Crippen LogP contribution is -2.57. The average molecular weight is 526 g/mol. The number of nitrogens with zero attached hydrogens (tertiary/aromatic N) is 3. The fourth-order valence-corrected chi connectivity index (χ4v) is 8.99. The fraction of sp³-hybridized carbons (Fsp3) is 0.552. The predicted octanol–water partition coefficient (Wildman–Crippen LogP) is 3.33. The zero-order chi connectivity index (χ0) is 27.1. The highest BCUT2D eigenvalue weighted by molar-refractivity contribution is 8.02. The number of thioether (sulfide) groups is 1. The van der Waals surface area contributed by atoms with Gasteiger partial charge in [0.2, 0.25) is 11.8 Å². The first kappa shape index (κ1) is 27.5. The van der Waals surface area contributed by atoms with Crippen LogP contribution in [0.4, 0.5) is 5.69 Å². The van der Waals surface area contributed by atoms with Crippen LogP contribution in [0, 0.1) is 25.7 Å². The number of carbonyl (C=O) groups is 3. The van der Waals surface area contributed by atoms with E-state index in [1.807, 2.05) is 39.0 Å². The quantitative estimate of drug-likeness (QED) is 0.474. The van der Waals surface area contributed by atoms with E-state index in [1.54, 1.807) is 45.7 Å². The Kier molecular flexibility index (Phi) is 7.91. The number of hydrogen-bond donors (Lipinski definition) is 1. The molecule has 37 heavy (non-hydrogen) atoms. The molecule has 3 aliphatic heterocycles. The average Bonchev–Trinajstić information content (AvgIpc) is 3.51. The number of likely N-dealkylation sites (N-methyl/N-ethyl adjacent to an activating group) is 1. The second kappa shape index (κ2) is 10.7. The van der Waals surface area contributed by atoms with Crippen molar-refractivity contribution in [3.05, 3.63) is 54.6 Å². The Labute approximate surface area is 224 Å². The molecular weight excluding hydrogens is 486 g/mol. The van der Waals surface area contributed by atoms with Gasteiger partial charge in [0.25, 0.3) is 5.91 Å². The van der Waals surface area contributed by atoms with Crippen LogP contribution in [0.25, 0.3) is 0 Å². The highest BCUT2D eigenvalue weighted by Crippen LogP contribution is 2.67. The molecule has 3 heterocycles. The molecule has 0 radical (unpaired) electrons. The van der Waals surface area contributed by atoms with Crippen LogP contribution in [0.2, 0.25) is 0 Å². The number of aliphatic hydroxyl groups is 1. The van der Waals surface area contributed by atoms with Crippen molar-refractivity contribution in [3.8, 4) is 0 Å². The molecule has 2 bridgehead atoms. The first-order valence-electron chi connectivity index (χ1n) is 13.1. The van der Waals surface area contributed by atoms with Crippen LogP contribution in [-0.2, 0) is 14.4 Å². The third kappa shape index (κ3) is 4.22. The second-order valence-corrected chi connectivity index (χ2v) is 12.1. The smallest absolute Gasteiger partial charge is 0.251 e. The first-order valence-corrected chi connectivity index (χ1v) is 14.0. The van der Waals surface area contributed by atoms with E-state index in [4.69, 9.17) is 0 Å². The maximum atomic E-state index is 14.7. The molecule has 200 valence electrons. The molecule has 3 fully saturated rings. The number of para-hydroxylation sites is 1. The number of aliphatic hydroxyl groups excluding tert-OH is 1. The van der Waals surface area contributed by atoms with Crippen LogP contribution in [0.15, 0.2) is 43.5 Å². The minimum absolute atomic E-state index is 0.00609. The molecule has 2 unspecified atom stereocenters. The summed E-state index contributed by atoms with van der Waals surface area (Å²) < 4.78 is -0.702. The Morgan fingerprint density at radius 2 is 1.86 bits per heavy atom. The van der Waals surface area contributed by atoms with Crippen molar-refractivity contribution < 1.29 is 19.5 Å². The van der Waals surface area contributed by atoms with Crippen molar-refractivity contribution in [1.82, 2.24) is 9.80 Å². The topological polar surface area (TPSA) is 81.2 Å². The van der Waals surface area contributed by atoms with Gasteiger partial charge in [0.05, 0.1) is 29.2 Å². The maximum absolute atomic E-state index is 14.7. The largest absolute Gasteiger partial charge is 0.394 e. The van der Waals surface area contributed by atoms with Gasteiger partial charge in [-0.25, -0.2) is 0 Å². The van der Waals surface area contributed by atoms with Gasteiger partial charge in [-0.3, -0.25) is 14.4 Å². The lowest BCUT2D eigenvalue weighted by atomic mass is 9.70. The van der Waals surface area contributed by atoms with Gasteiger partial charge in [0.1, 0.15) is 6.04 Å². The van der Waals surface area contributed by atoms with Crippen molar-refractivity contribution in [2.45, 2.75) is 62.1 Å². The first-order chi connectivity index (χ1) is 17.7. The fourth-order valence-electron chi connectivity index (χ4n) is 6.80. The Morgan fingerprint density at radius 1 is 1.22 bits per heavy atom. The van der Waals surface area contributed by atoms with E-state index in [0.717, 1.165) is 23.2 Å². The van der Waals surface area contributed by atoms with Gasteiger partial charge in [-0.1, -0.05) is 37.3 Å². The van der Waals surface area contributed by atoms with Gasteiger partial charge in [0.15, 0.2) is 0 Å². The zero-order valence-corrected chi connectivity index (χ0v) is 23.2. The van der Waals surface area contributed by atoms with E-state index < -0.39 is 28.7 Å². The van der Waals surface area contributed by atoms with Gasteiger partial charge >= 0.3 is 0 Å². The summed E-state index contributed by atoms with van der Waals surface area (Å²) in [5, 5.41) is 10.3. The molecule has 3 aliphatic rings. The summed E-state index contributed by atoms with van der Waals surface area (Å²) in [6, 6.07) is 4.67. The van der Waals surface area contributed by atoms with Crippen LogP contribution in [0.5, 0.6) is 0 Å². The Morgan fingerprint density at radius 3 is 2.43 bits per heavy atom. The zero-order valence-electron chi connectivity index (χ0n) is 22.4. The number of aryl methyl sites for hydroxylation is 2. The summed E-state index contributed by atoms with van der Waals surface area (Å²) in [6.07, 6.45) is 5.38. The van der Waals surface area contributed by atoms with Crippen molar-refractivity contribution in [2.75, 3.05) is 31.6 Å². The summed E-state index contributed by atoms with van der Waals surface area (Å²) >= 11 is 1.65. The summed E-state index contributed by atoms with van der Waals surface area (Å²) in [4.78, 5) is 47.5. The van der Waals surface area contributed by atoms with Gasteiger partial charge in [0, 0.05) is 31.1 Å². The predicted molar refractivity (Wildman–Crippen MR) is 148 cm³/mol. The number of fused-ring (bicyclic) bond motifs is 1. The molecule has 3 amide bonds. The van der Waals surface area contributed by atoms with E-state index in [2.05, 4.69) is 13.2 Å². The van der Waals surface area contributed by atoms with E-state index in [0.29, 0.717) is 25.9 Å². The molecule has 0 aliphatic carbocycles. The molecule has 1 N–H and O–H groups in total. The van der Waals surface area contributed by atoms with Gasteiger partial charge in [-0.2, -0.15) is 0 Å². The van der Waals surface area contributed by atoms with E-state index in [1.165, 1.54) is 0 Å². The third-order valence-corrected chi connectivity index (χ3v) is 10.4.